The van der Waals surface area contributed by atoms with Crippen molar-refractivity contribution in [2.75, 3.05) is 0 Å². The Hall–Kier alpha value is -2.03. The molecular weight excluding hydrogens is 370 g/mol. The van der Waals surface area contributed by atoms with Crippen LogP contribution in [0.3, 0.4) is 0 Å². The van der Waals surface area contributed by atoms with Gasteiger partial charge in [0, 0.05) is 12.6 Å². The van der Waals surface area contributed by atoms with Crippen LogP contribution in [0.5, 0.6) is 0 Å². The third-order valence-electron chi connectivity index (χ3n) is 6.06. The van der Waals surface area contributed by atoms with Crippen LogP contribution in [0.2, 0.25) is 0 Å². The first kappa shape index (κ1) is 20.7. The minimum Gasteiger partial charge on any atom is -0.363 e. The molecule has 2 aliphatic rings. The van der Waals surface area contributed by atoms with Crippen LogP contribution in [-0.2, 0) is 24.1 Å². The number of halogens is 3. The van der Waals surface area contributed by atoms with Gasteiger partial charge in [-0.05, 0) is 48.4 Å². The number of fused-ring (bicyclic) bond motifs is 1. The SMILES string of the molecule is BC(=O)N[C@@H]1CC[C@@](C(=O)N2Cc3ccc(C(F)(F)F)cc3CN2)(C(C)C)C1. The summed E-state index contributed by atoms with van der Waals surface area (Å²) in [7, 11) is 1.47. The van der Waals surface area contributed by atoms with Gasteiger partial charge in [-0.3, -0.25) is 14.6 Å². The van der Waals surface area contributed by atoms with Gasteiger partial charge >= 0.3 is 6.18 Å². The highest BCUT2D eigenvalue weighted by molar-refractivity contribution is 6.57. The zero-order valence-corrected chi connectivity index (χ0v) is 16.3. The van der Waals surface area contributed by atoms with Crippen LogP contribution in [-0.4, -0.2) is 30.6 Å². The van der Waals surface area contributed by atoms with Gasteiger partial charge < -0.3 is 5.32 Å². The van der Waals surface area contributed by atoms with Gasteiger partial charge in [0.05, 0.1) is 17.5 Å². The number of nitrogens with one attached hydrogen (secondary N) is 2. The smallest absolute Gasteiger partial charge is 0.363 e. The lowest BCUT2D eigenvalue weighted by molar-refractivity contribution is -0.150. The number of carbonyl (C=O) groups is 2. The van der Waals surface area contributed by atoms with E-state index in [2.05, 4.69) is 10.7 Å². The Kier molecular flexibility index (Phi) is 5.49. The number of nitrogens with zero attached hydrogens (tertiary/aromatic N) is 1. The van der Waals surface area contributed by atoms with Gasteiger partial charge in [-0.1, -0.05) is 19.9 Å². The Balaban J connectivity index is 1.78. The van der Waals surface area contributed by atoms with Crippen molar-refractivity contribution in [2.45, 2.75) is 58.4 Å². The Morgan fingerprint density at radius 3 is 2.64 bits per heavy atom. The van der Waals surface area contributed by atoms with Gasteiger partial charge in [0.25, 0.3) is 0 Å². The predicted octanol–water partition coefficient (Wildman–Crippen LogP) is 2.59. The van der Waals surface area contributed by atoms with Crippen LogP contribution < -0.4 is 10.7 Å². The second-order valence-electron chi connectivity index (χ2n) is 8.16. The van der Waals surface area contributed by atoms with Crippen LogP contribution in [0.1, 0.15) is 49.8 Å². The first-order valence-electron chi connectivity index (χ1n) is 9.54. The van der Waals surface area contributed by atoms with Crippen LogP contribution in [0.4, 0.5) is 18.0 Å². The van der Waals surface area contributed by atoms with Gasteiger partial charge in [0.15, 0.2) is 5.81 Å². The number of hydrazine groups is 1. The van der Waals surface area contributed by atoms with Gasteiger partial charge in [-0.15, -0.1) is 0 Å². The van der Waals surface area contributed by atoms with Gasteiger partial charge in [0.2, 0.25) is 13.8 Å². The summed E-state index contributed by atoms with van der Waals surface area (Å²) in [6.45, 7) is 4.41. The first-order chi connectivity index (χ1) is 13.0. The van der Waals surface area contributed by atoms with Crippen LogP contribution >= 0.6 is 0 Å². The van der Waals surface area contributed by atoms with Crippen LogP contribution in [0.25, 0.3) is 0 Å². The molecular formula is C19H25BF3N3O2. The lowest BCUT2D eigenvalue weighted by Gasteiger charge is -2.39. The van der Waals surface area contributed by atoms with Crippen molar-refractivity contribution >= 4 is 19.6 Å². The van der Waals surface area contributed by atoms with Crippen LogP contribution in [0.15, 0.2) is 18.2 Å². The van der Waals surface area contributed by atoms with E-state index in [1.54, 1.807) is 0 Å². The third kappa shape index (κ3) is 3.90. The molecule has 5 nitrogen and oxygen atoms in total. The predicted molar refractivity (Wildman–Crippen MR) is 101 cm³/mol. The molecule has 9 heteroatoms. The summed E-state index contributed by atoms with van der Waals surface area (Å²) >= 11 is 0. The largest absolute Gasteiger partial charge is 0.416 e. The average Bonchev–Trinajstić information content (AvgIpc) is 3.04. The lowest BCUT2D eigenvalue weighted by Crippen LogP contribution is -2.53. The molecule has 1 saturated carbocycles. The van der Waals surface area contributed by atoms with E-state index in [1.807, 2.05) is 13.8 Å². The molecule has 1 fully saturated rings. The Morgan fingerprint density at radius 1 is 1.32 bits per heavy atom. The molecule has 28 heavy (non-hydrogen) atoms. The standard InChI is InChI=1S/C19H25BF3N3O2/c1-11(2)18(6-5-15(8-18)25-17(20)28)16(27)26-10-12-3-4-14(19(21,22)23)7-13(12)9-24-26/h3-4,7,11,15,24H,5-6,8-10,20H2,1-2H3,(H,25,28)/t15-,18+/m1/s1. The quantitative estimate of drug-likeness (QED) is 0.774. The maximum absolute atomic E-state index is 13.4. The molecule has 152 valence electrons. The van der Waals surface area contributed by atoms with Gasteiger partial charge in [-0.2, -0.15) is 13.2 Å². The minimum atomic E-state index is -4.38. The van der Waals surface area contributed by atoms with Crippen molar-refractivity contribution in [1.82, 2.24) is 15.8 Å². The number of benzene rings is 1. The molecule has 2 atom stereocenters. The monoisotopic (exact) mass is 395 g/mol. The van der Waals surface area contributed by atoms with Gasteiger partial charge in [-0.25, -0.2) is 5.43 Å². The summed E-state index contributed by atoms with van der Waals surface area (Å²) in [6, 6.07) is 3.63. The molecule has 0 saturated heterocycles. The molecule has 0 spiro atoms. The summed E-state index contributed by atoms with van der Waals surface area (Å²) in [5.41, 5.74) is 2.99. The van der Waals surface area contributed by atoms with E-state index in [1.165, 1.54) is 18.9 Å². The molecule has 2 amide bonds. The number of amides is 2. The summed E-state index contributed by atoms with van der Waals surface area (Å²) in [4.78, 5) is 24.8. The van der Waals surface area contributed by atoms with Gasteiger partial charge in [0.1, 0.15) is 0 Å². The number of hydrogen-bond acceptors (Lipinski definition) is 3. The molecule has 0 aromatic heterocycles. The fourth-order valence-electron chi connectivity index (χ4n) is 4.39. The molecule has 0 bridgehead atoms. The van der Waals surface area contributed by atoms with Crippen molar-refractivity contribution < 1.29 is 22.8 Å². The van der Waals surface area contributed by atoms with E-state index < -0.39 is 17.2 Å². The van der Waals surface area contributed by atoms with E-state index in [0.717, 1.165) is 24.1 Å². The molecule has 2 N–H and O–H groups in total. The number of hydrogen-bond donors (Lipinski definition) is 2. The number of rotatable bonds is 3. The van der Waals surface area contributed by atoms with Crippen molar-refractivity contribution in [3.63, 3.8) is 0 Å². The highest BCUT2D eigenvalue weighted by atomic mass is 19.4. The molecule has 0 unspecified atom stereocenters. The third-order valence-corrected chi connectivity index (χ3v) is 6.06. The van der Waals surface area contributed by atoms with E-state index in [-0.39, 0.29) is 36.8 Å². The van der Waals surface area contributed by atoms with Crippen molar-refractivity contribution in [3.05, 3.63) is 34.9 Å². The zero-order valence-electron chi connectivity index (χ0n) is 16.3. The summed E-state index contributed by atoms with van der Waals surface area (Å²) in [5.74, 6) is -0.0852. The highest BCUT2D eigenvalue weighted by Gasteiger charge is 2.50. The molecule has 0 radical (unpaired) electrons. The van der Waals surface area contributed by atoms with Crippen LogP contribution in [0, 0.1) is 11.3 Å². The molecule has 1 aliphatic heterocycles. The fourth-order valence-corrected chi connectivity index (χ4v) is 4.39. The topological polar surface area (TPSA) is 61.4 Å². The van der Waals surface area contributed by atoms with E-state index in [4.69, 9.17) is 0 Å². The number of carbonyl (C=O) groups excluding carboxylic acids is 2. The molecule has 3 rings (SSSR count). The molecule has 1 aromatic carbocycles. The number of alkyl halides is 3. The van der Waals surface area contributed by atoms with Crippen molar-refractivity contribution in [3.8, 4) is 0 Å². The van der Waals surface area contributed by atoms with Crippen molar-refractivity contribution in [2.24, 2.45) is 11.3 Å². The highest BCUT2D eigenvalue weighted by Crippen LogP contribution is 2.46. The molecule has 1 aliphatic carbocycles. The maximum Gasteiger partial charge on any atom is 0.416 e. The first-order valence-corrected chi connectivity index (χ1v) is 9.54. The summed E-state index contributed by atoms with van der Waals surface area (Å²) in [6.07, 6.45) is -2.40. The second-order valence-corrected chi connectivity index (χ2v) is 8.16. The average molecular weight is 395 g/mol. The van der Waals surface area contributed by atoms with E-state index in [0.29, 0.717) is 18.4 Å². The van der Waals surface area contributed by atoms with E-state index >= 15 is 0 Å². The lowest BCUT2D eigenvalue weighted by atomic mass is 9.74. The molecule has 1 heterocycles. The normalized spacial score (nSPS) is 24.9. The van der Waals surface area contributed by atoms with E-state index in [9.17, 15) is 22.8 Å². The Bertz CT molecular complexity index is 784. The summed E-state index contributed by atoms with van der Waals surface area (Å²) < 4.78 is 38.8. The maximum atomic E-state index is 13.4. The fraction of sp³-hybridized carbons (Fsp3) is 0.579. The Labute approximate surface area is 163 Å². The second kappa shape index (κ2) is 7.42. The summed E-state index contributed by atoms with van der Waals surface area (Å²) in [5, 5.41) is 4.44. The van der Waals surface area contributed by atoms with Crippen molar-refractivity contribution in [1.29, 1.82) is 0 Å². The minimum absolute atomic E-state index is 0.0322. The Morgan fingerprint density at radius 2 is 2.04 bits per heavy atom. The zero-order chi connectivity index (χ0) is 20.7. The molecule has 1 aromatic rings.